The first kappa shape index (κ1) is 17.0. The molecular weight excluding hydrogens is 276 g/mol. The van der Waals surface area contributed by atoms with Gasteiger partial charge in [-0.3, -0.25) is 9.48 Å². The Kier molecular flexibility index (Phi) is 7.43. The lowest BCUT2D eigenvalue weighted by Gasteiger charge is -2.19. The van der Waals surface area contributed by atoms with E-state index in [2.05, 4.69) is 15.3 Å². The van der Waals surface area contributed by atoms with Gasteiger partial charge in [0.2, 0.25) is 5.91 Å². The molecule has 2 rings (SSSR count). The van der Waals surface area contributed by atoms with Gasteiger partial charge in [-0.1, -0.05) is 19.8 Å². The van der Waals surface area contributed by atoms with Gasteiger partial charge < -0.3 is 10.2 Å². The molecule has 124 valence electrons. The van der Waals surface area contributed by atoms with Gasteiger partial charge in [0.15, 0.2) is 0 Å². The van der Waals surface area contributed by atoms with Crippen LogP contribution in [0, 0.1) is 0 Å². The van der Waals surface area contributed by atoms with Crippen molar-refractivity contribution in [2.24, 2.45) is 0 Å². The van der Waals surface area contributed by atoms with Crippen molar-refractivity contribution in [3.8, 4) is 0 Å². The second-order valence-electron chi connectivity index (χ2n) is 6.16. The minimum atomic E-state index is -0.180. The molecule has 1 aromatic rings. The normalized spacial score (nSPS) is 17.9. The Morgan fingerprint density at radius 3 is 2.64 bits per heavy atom. The van der Waals surface area contributed by atoms with Crippen LogP contribution in [0.4, 0.5) is 0 Å². The molecule has 1 aromatic heterocycles. The molecule has 0 unspecified atom stereocenters. The molecule has 0 bridgehead atoms. The van der Waals surface area contributed by atoms with Gasteiger partial charge in [0.05, 0.1) is 0 Å². The zero-order valence-corrected chi connectivity index (χ0v) is 13.8. The third-order valence-electron chi connectivity index (χ3n) is 4.43. The molecule has 1 N–H and O–H groups in total. The molecule has 0 aliphatic carbocycles. The van der Waals surface area contributed by atoms with Crippen LogP contribution in [0.2, 0.25) is 0 Å². The SMILES string of the molecule is CC[C@H](C(=O)NCCCCN1CCCCCC1)n1cccn1. The molecule has 0 radical (unpaired) electrons. The summed E-state index contributed by atoms with van der Waals surface area (Å²) in [5, 5.41) is 7.23. The molecule has 1 aliphatic rings. The number of unbranched alkanes of at least 4 members (excludes halogenated alkanes) is 1. The predicted molar refractivity (Wildman–Crippen MR) is 88.7 cm³/mol. The number of aromatic nitrogens is 2. The summed E-state index contributed by atoms with van der Waals surface area (Å²) in [5.41, 5.74) is 0. The molecule has 2 heterocycles. The number of amides is 1. The Hall–Kier alpha value is -1.36. The van der Waals surface area contributed by atoms with Crippen molar-refractivity contribution < 1.29 is 4.79 Å². The van der Waals surface area contributed by atoms with Crippen LogP contribution in [0.15, 0.2) is 18.5 Å². The highest BCUT2D eigenvalue weighted by Gasteiger charge is 2.17. The van der Waals surface area contributed by atoms with E-state index in [4.69, 9.17) is 0 Å². The molecule has 0 aromatic carbocycles. The second-order valence-corrected chi connectivity index (χ2v) is 6.16. The van der Waals surface area contributed by atoms with E-state index < -0.39 is 0 Å². The summed E-state index contributed by atoms with van der Waals surface area (Å²) in [5.74, 6) is 0.0842. The average Bonchev–Trinajstić information content (AvgIpc) is 2.91. The maximum atomic E-state index is 12.2. The standard InChI is InChI=1S/C17H30N4O/c1-2-16(21-15-9-11-19-21)17(22)18-10-5-8-14-20-12-6-3-4-7-13-20/h9,11,15-16H,2-8,10,12-14H2,1H3,(H,18,22)/t16-/m1/s1. The number of carbonyl (C=O) groups excluding carboxylic acids is 1. The van der Waals surface area contributed by atoms with Gasteiger partial charge in [-0.2, -0.15) is 5.10 Å². The summed E-state index contributed by atoms with van der Waals surface area (Å²) in [4.78, 5) is 14.8. The molecule has 1 amide bonds. The largest absolute Gasteiger partial charge is 0.354 e. The molecule has 0 saturated carbocycles. The first-order valence-electron chi connectivity index (χ1n) is 8.80. The summed E-state index contributed by atoms with van der Waals surface area (Å²) >= 11 is 0. The monoisotopic (exact) mass is 306 g/mol. The lowest BCUT2D eigenvalue weighted by molar-refractivity contribution is -0.124. The summed E-state index contributed by atoms with van der Waals surface area (Å²) in [6, 6.07) is 1.68. The first-order chi connectivity index (χ1) is 10.8. The fraction of sp³-hybridized carbons (Fsp3) is 0.765. The van der Waals surface area contributed by atoms with Crippen LogP contribution in [0.25, 0.3) is 0 Å². The van der Waals surface area contributed by atoms with Gasteiger partial charge in [0, 0.05) is 18.9 Å². The van der Waals surface area contributed by atoms with Gasteiger partial charge in [-0.05, 0) is 57.8 Å². The zero-order valence-electron chi connectivity index (χ0n) is 13.8. The highest BCUT2D eigenvalue weighted by atomic mass is 16.2. The van der Waals surface area contributed by atoms with E-state index in [1.165, 1.54) is 51.7 Å². The lowest BCUT2D eigenvalue weighted by atomic mass is 10.2. The number of hydrogen-bond acceptors (Lipinski definition) is 3. The van der Waals surface area contributed by atoms with Gasteiger partial charge in [-0.15, -0.1) is 0 Å². The highest BCUT2D eigenvalue weighted by molar-refractivity contribution is 5.80. The molecule has 5 nitrogen and oxygen atoms in total. The van der Waals surface area contributed by atoms with E-state index in [0.29, 0.717) is 0 Å². The highest BCUT2D eigenvalue weighted by Crippen LogP contribution is 2.11. The molecule has 1 saturated heterocycles. The number of rotatable bonds is 8. The first-order valence-corrected chi connectivity index (χ1v) is 8.80. The van der Waals surface area contributed by atoms with Gasteiger partial charge in [0.25, 0.3) is 0 Å². The quantitative estimate of drug-likeness (QED) is 0.751. The maximum absolute atomic E-state index is 12.2. The van der Waals surface area contributed by atoms with Crippen molar-refractivity contribution in [3.05, 3.63) is 18.5 Å². The lowest BCUT2D eigenvalue weighted by Crippen LogP contribution is -2.33. The van der Waals surface area contributed by atoms with E-state index in [1.807, 2.05) is 19.2 Å². The van der Waals surface area contributed by atoms with Gasteiger partial charge in [-0.25, -0.2) is 0 Å². The molecule has 1 fully saturated rings. The van der Waals surface area contributed by atoms with Gasteiger partial charge >= 0.3 is 0 Å². The van der Waals surface area contributed by atoms with E-state index in [9.17, 15) is 4.79 Å². The average molecular weight is 306 g/mol. The van der Waals surface area contributed by atoms with Crippen LogP contribution in [0.1, 0.15) is 57.9 Å². The van der Waals surface area contributed by atoms with E-state index >= 15 is 0 Å². The molecule has 22 heavy (non-hydrogen) atoms. The van der Waals surface area contributed by atoms with Crippen molar-refractivity contribution in [2.75, 3.05) is 26.2 Å². The smallest absolute Gasteiger partial charge is 0.244 e. The van der Waals surface area contributed by atoms with Crippen molar-refractivity contribution in [1.29, 1.82) is 0 Å². The zero-order chi connectivity index (χ0) is 15.6. The number of carbonyl (C=O) groups is 1. The van der Waals surface area contributed by atoms with E-state index in [-0.39, 0.29) is 11.9 Å². The van der Waals surface area contributed by atoms with Crippen molar-refractivity contribution >= 4 is 5.91 Å². The molecule has 0 spiro atoms. The predicted octanol–water partition coefficient (Wildman–Crippen LogP) is 2.61. The van der Waals surface area contributed by atoms with Crippen molar-refractivity contribution in [1.82, 2.24) is 20.0 Å². The van der Waals surface area contributed by atoms with Crippen LogP contribution >= 0.6 is 0 Å². The molecule has 1 aliphatic heterocycles. The maximum Gasteiger partial charge on any atom is 0.244 e. The summed E-state index contributed by atoms with van der Waals surface area (Å²) in [7, 11) is 0. The minimum absolute atomic E-state index is 0.0842. The van der Waals surface area contributed by atoms with Crippen molar-refractivity contribution in [2.45, 2.75) is 57.9 Å². The Morgan fingerprint density at radius 2 is 2.00 bits per heavy atom. The van der Waals surface area contributed by atoms with Crippen LogP contribution in [-0.4, -0.2) is 46.8 Å². The molecule has 5 heteroatoms. The Labute approximate surface area is 134 Å². The fourth-order valence-corrected chi connectivity index (χ4v) is 3.11. The van der Waals surface area contributed by atoms with Crippen molar-refractivity contribution in [3.63, 3.8) is 0 Å². The number of nitrogens with zero attached hydrogens (tertiary/aromatic N) is 3. The van der Waals surface area contributed by atoms with Gasteiger partial charge in [0.1, 0.15) is 6.04 Å². The third kappa shape index (κ3) is 5.44. The Bertz CT molecular complexity index is 410. The molecular formula is C17H30N4O. The summed E-state index contributed by atoms with van der Waals surface area (Å²) in [6.45, 7) is 6.47. The van der Waals surface area contributed by atoms with Crippen LogP contribution in [-0.2, 0) is 4.79 Å². The topological polar surface area (TPSA) is 50.2 Å². The number of likely N-dealkylation sites (tertiary alicyclic amines) is 1. The van der Waals surface area contributed by atoms with E-state index in [0.717, 1.165) is 19.4 Å². The number of nitrogens with one attached hydrogen (secondary N) is 1. The van der Waals surface area contributed by atoms with E-state index in [1.54, 1.807) is 10.9 Å². The Morgan fingerprint density at radius 1 is 1.23 bits per heavy atom. The molecule has 1 atom stereocenters. The Balaban J connectivity index is 1.60. The summed E-state index contributed by atoms with van der Waals surface area (Å²) < 4.78 is 1.74. The van der Waals surface area contributed by atoms with Crippen LogP contribution in [0.3, 0.4) is 0 Å². The van der Waals surface area contributed by atoms with Crippen LogP contribution in [0.5, 0.6) is 0 Å². The fourth-order valence-electron chi connectivity index (χ4n) is 3.11. The van der Waals surface area contributed by atoms with Crippen LogP contribution < -0.4 is 5.32 Å². The second kappa shape index (κ2) is 9.62. The number of hydrogen-bond donors (Lipinski definition) is 1. The minimum Gasteiger partial charge on any atom is -0.354 e. The third-order valence-corrected chi connectivity index (χ3v) is 4.43. The summed E-state index contributed by atoms with van der Waals surface area (Å²) in [6.07, 6.45) is 12.0.